The summed E-state index contributed by atoms with van der Waals surface area (Å²) in [5.74, 6) is -7.99. The SMILES string of the molecule is [N-]=[N+]=Nc1c(F)c(F)c([N+](=O)[O-])c(NCCCOCCOCCOCCCNC(=O)CC[C@H](NC(=O)c2ccc(NCc3cnc4nc(N)[nH]c(=O)c4n3)cc2)C(=O)O)c1F. The van der Waals surface area contributed by atoms with Crippen molar-refractivity contribution in [2.75, 3.05) is 69.1 Å². The van der Waals surface area contributed by atoms with Crippen molar-refractivity contribution in [2.45, 2.75) is 38.3 Å². The van der Waals surface area contributed by atoms with Crippen molar-refractivity contribution in [1.29, 1.82) is 0 Å². The number of aromatic amines is 1. The van der Waals surface area contributed by atoms with Gasteiger partial charge in [0.15, 0.2) is 28.5 Å². The Morgan fingerprint density at radius 3 is 2.26 bits per heavy atom. The maximum atomic E-state index is 14.5. The first-order valence-corrected chi connectivity index (χ1v) is 18.3. The monoisotopic (exact) mass is 859 g/mol. The van der Waals surface area contributed by atoms with Crippen LogP contribution < -0.4 is 32.6 Å². The van der Waals surface area contributed by atoms with Crippen molar-refractivity contribution in [2.24, 2.45) is 5.11 Å². The lowest BCUT2D eigenvalue weighted by atomic mass is 10.1. The predicted molar refractivity (Wildman–Crippen MR) is 209 cm³/mol. The first kappa shape index (κ1) is 46.5. The second-order valence-corrected chi connectivity index (χ2v) is 12.6. The summed E-state index contributed by atoms with van der Waals surface area (Å²) < 4.78 is 58.6. The smallest absolute Gasteiger partial charge is 0.333 e. The van der Waals surface area contributed by atoms with Gasteiger partial charge in [-0.1, -0.05) is 5.11 Å². The van der Waals surface area contributed by atoms with Crippen LogP contribution in [0.2, 0.25) is 0 Å². The Hall–Kier alpha value is -7.15. The number of nitro benzene ring substituents is 1. The normalized spacial score (nSPS) is 11.4. The van der Waals surface area contributed by atoms with Crippen molar-refractivity contribution < 1.29 is 51.8 Å². The van der Waals surface area contributed by atoms with Crippen LogP contribution in [0.5, 0.6) is 0 Å². The van der Waals surface area contributed by atoms with E-state index in [0.717, 1.165) is 0 Å². The largest absolute Gasteiger partial charge is 0.480 e. The molecule has 61 heavy (non-hydrogen) atoms. The molecule has 0 unspecified atom stereocenters. The number of H-pyrrole nitrogens is 1. The lowest BCUT2D eigenvalue weighted by Gasteiger charge is -2.15. The highest BCUT2D eigenvalue weighted by Crippen LogP contribution is 2.39. The number of benzene rings is 2. The lowest BCUT2D eigenvalue weighted by Crippen LogP contribution is -2.41. The number of carboxylic acids is 1. The summed E-state index contributed by atoms with van der Waals surface area (Å²) >= 11 is 0. The summed E-state index contributed by atoms with van der Waals surface area (Å²) in [4.78, 5) is 75.6. The predicted octanol–water partition coefficient (Wildman–Crippen LogP) is 3.20. The molecule has 0 bridgehead atoms. The molecule has 0 aliphatic rings. The number of nitro groups is 1. The number of carboxylic acid groups (broad SMARTS) is 1. The van der Waals surface area contributed by atoms with E-state index in [4.69, 9.17) is 25.5 Å². The van der Waals surface area contributed by atoms with Crippen LogP contribution in [0.3, 0.4) is 0 Å². The van der Waals surface area contributed by atoms with Gasteiger partial charge >= 0.3 is 11.7 Å². The van der Waals surface area contributed by atoms with Gasteiger partial charge in [-0.05, 0) is 49.1 Å². The maximum absolute atomic E-state index is 14.5. The molecule has 0 saturated carbocycles. The van der Waals surface area contributed by atoms with Crippen LogP contribution in [0, 0.1) is 27.6 Å². The van der Waals surface area contributed by atoms with E-state index in [2.05, 4.69) is 51.2 Å². The molecule has 4 rings (SSSR count). The number of ether oxygens (including phenoxy) is 3. The van der Waals surface area contributed by atoms with Crippen molar-refractivity contribution in [3.63, 3.8) is 0 Å². The van der Waals surface area contributed by atoms with Crippen LogP contribution >= 0.6 is 0 Å². The molecule has 326 valence electrons. The van der Waals surface area contributed by atoms with Crippen LogP contribution in [0.4, 0.5) is 41.9 Å². The number of rotatable bonds is 26. The number of nitrogens with two attached hydrogens (primary N) is 1. The zero-order chi connectivity index (χ0) is 44.3. The van der Waals surface area contributed by atoms with E-state index in [9.17, 15) is 47.6 Å². The molecule has 0 aliphatic heterocycles. The highest BCUT2D eigenvalue weighted by molar-refractivity contribution is 5.97. The van der Waals surface area contributed by atoms with Gasteiger partial charge in [-0.3, -0.25) is 29.5 Å². The second-order valence-electron chi connectivity index (χ2n) is 12.6. The average Bonchev–Trinajstić information content (AvgIpc) is 3.23. The van der Waals surface area contributed by atoms with Gasteiger partial charge in [-0.15, -0.1) is 0 Å². The zero-order valence-electron chi connectivity index (χ0n) is 32.1. The fourth-order valence-corrected chi connectivity index (χ4v) is 5.28. The molecule has 0 aliphatic carbocycles. The van der Waals surface area contributed by atoms with Crippen LogP contribution in [0.25, 0.3) is 21.6 Å². The Morgan fingerprint density at radius 1 is 0.967 bits per heavy atom. The Kier molecular flexibility index (Phi) is 17.9. The first-order valence-electron chi connectivity index (χ1n) is 18.3. The number of nitrogens with one attached hydrogen (secondary N) is 5. The van der Waals surface area contributed by atoms with Gasteiger partial charge in [0.25, 0.3) is 11.5 Å². The fraction of sp³-hybridized carbons (Fsp3) is 0.400. The summed E-state index contributed by atoms with van der Waals surface area (Å²) in [6.45, 7) is 1.56. The van der Waals surface area contributed by atoms with Crippen LogP contribution in [-0.4, -0.2) is 107 Å². The van der Waals surface area contributed by atoms with Crippen LogP contribution in [0.1, 0.15) is 41.7 Å². The Morgan fingerprint density at radius 2 is 1.62 bits per heavy atom. The molecule has 0 spiro atoms. The molecule has 2 heterocycles. The maximum Gasteiger partial charge on any atom is 0.333 e. The number of aromatic nitrogens is 4. The molecule has 23 nitrogen and oxygen atoms in total. The molecule has 8 N–H and O–H groups in total. The van der Waals surface area contributed by atoms with Gasteiger partial charge in [0.1, 0.15) is 11.7 Å². The third kappa shape index (κ3) is 14.0. The average molecular weight is 860 g/mol. The lowest BCUT2D eigenvalue weighted by molar-refractivity contribution is -0.387. The van der Waals surface area contributed by atoms with Crippen molar-refractivity contribution >= 4 is 57.6 Å². The summed E-state index contributed by atoms with van der Waals surface area (Å²) in [5.41, 5.74) is 11.1. The minimum Gasteiger partial charge on any atom is -0.480 e. The van der Waals surface area contributed by atoms with Gasteiger partial charge in [-0.2, -0.15) is 9.37 Å². The molecule has 2 amide bonds. The standard InChI is InChI=1S/C35H40F3N13O10/c36-24-25(37)30(51(57)58)28(26(38)27(24)49-50-40)42-10-2-12-60-14-16-61-15-13-59-11-1-9-41-23(52)8-7-22(34(55)56)46-32(53)19-3-5-20(6-4-19)43-17-21-18-44-31-29(45-21)33(54)48-35(39)47-31/h3-6,18,22,42-43H,1-2,7-17H2,(H,41,52)(H,46,53)(H,55,56)(H3,39,44,47,48,54)/t22-/m0/s1. The highest BCUT2D eigenvalue weighted by Gasteiger charge is 2.32. The number of fused-ring (bicyclic) bond motifs is 1. The van der Waals surface area contributed by atoms with Crippen LogP contribution in [-0.2, 0) is 30.3 Å². The second kappa shape index (κ2) is 23.4. The molecule has 1 atom stereocenters. The third-order valence-electron chi connectivity index (χ3n) is 8.27. The number of anilines is 3. The van der Waals surface area contributed by atoms with E-state index in [1.165, 1.54) is 18.3 Å². The summed E-state index contributed by atoms with van der Waals surface area (Å²) in [5, 5.41) is 34.0. The number of hydrogen-bond donors (Lipinski definition) is 7. The number of azide groups is 1. The molecule has 26 heteroatoms. The van der Waals surface area contributed by atoms with E-state index in [1.807, 2.05) is 0 Å². The molecule has 2 aromatic heterocycles. The van der Waals surface area contributed by atoms with Gasteiger partial charge in [0.05, 0.1) is 49.8 Å². The number of carbonyl (C=O) groups excluding carboxylic acids is 2. The summed E-state index contributed by atoms with van der Waals surface area (Å²) in [6.07, 6.45) is 1.78. The van der Waals surface area contributed by atoms with Gasteiger partial charge < -0.3 is 46.3 Å². The van der Waals surface area contributed by atoms with Crippen molar-refractivity contribution in [1.82, 2.24) is 30.6 Å². The van der Waals surface area contributed by atoms with Gasteiger partial charge in [-0.25, -0.2) is 23.5 Å². The Balaban J connectivity index is 1.02. The number of nitrogen functional groups attached to an aromatic ring is 1. The van der Waals surface area contributed by atoms with Crippen molar-refractivity contribution in [3.05, 3.63) is 90.1 Å². The first-order chi connectivity index (χ1) is 29.3. The quantitative estimate of drug-likeness (QED) is 0.00906. The van der Waals surface area contributed by atoms with Crippen molar-refractivity contribution in [3.8, 4) is 0 Å². The number of halogens is 3. The fourth-order valence-electron chi connectivity index (χ4n) is 5.28. The molecular weight excluding hydrogens is 819 g/mol. The molecule has 4 aromatic rings. The zero-order valence-corrected chi connectivity index (χ0v) is 32.1. The van der Waals surface area contributed by atoms with E-state index in [1.54, 1.807) is 12.1 Å². The number of nitrogens with zero attached hydrogens (tertiary/aromatic N) is 7. The molecule has 0 saturated heterocycles. The Bertz CT molecular complexity index is 2300. The highest BCUT2D eigenvalue weighted by atomic mass is 19.2. The van der Waals surface area contributed by atoms with Gasteiger partial charge in [0, 0.05) is 48.9 Å². The summed E-state index contributed by atoms with van der Waals surface area (Å²) in [6, 6.07) is 4.86. The van der Waals surface area contributed by atoms with Crippen LogP contribution in [0.15, 0.2) is 40.4 Å². The number of aliphatic carboxylic acids is 1. The summed E-state index contributed by atoms with van der Waals surface area (Å²) in [7, 11) is 0. The topological polar surface area (TPSA) is 337 Å². The number of amides is 2. The number of carbonyl (C=O) groups is 3. The molecule has 0 fully saturated rings. The van der Waals surface area contributed by atoms with E-state index >= 15 is 0 Å². The Labute approximate surface area is 342 Å². The van der Waals surface area contributed by atoms with E-state index in [-0.39, 0.29) is 94.6 Å². The van der Waals surface area contributed by atoms with Gasteiger partial charge in [0.2, 0.25) is 17.7 Å². The molecule has 0 radical (unpaired) electrons. The third-order valence-corrected chi connectivity index (χ3v) is 8.27. The van der Waals surface area contributed by atoms with E-state index < -0.39 is 68.8 Å². The van der Waals surface area contributed by atoms with E-state index in [0.29, 0.717) is 24.4 Å². The number of hydrogen-bond acceptors (Lipinski definition) is 16. The molecule has 2 aromatic carbocycles. The minimum absolute atomic E-state index is 0.0307. The minimum atomic E-state index is -1.98. The molecular formula is C35H40F3N13O10.